The van der Waals surface area contributed by atoms with E-state index in [1.54, 1.807) is 0 Å². The topological polar surface area (TPSA) is 52.6 Å². The van der Waals surface area contributed by atoms with E-state index in [0.29, 0.717) is 0 Å². The molecule has 0 aliphatic heterocycles. The Morgan fingerprint density at radius 2 is 1.59 bits per heavy atom. The Morgan fingerprint density at radius 1 is 1.18 bits per heavy atom. The van der Waals surface area contributed by atoms with Crippen molar-refractivity contribution in [3.8, 4) is 0 Å². The van der Waals surface area contributed by atoms with Gasteiger partial charge in [0.05, 0.1) is 0 Å². The van der Waals surface area contributed by atoms with Crippen LogP contribution in [-0.4, -0.2) is 49.6 Å². The third kappa shape index (κ3) is 5.42. The summed E-state index contributed by atoms with van der Waals surface area (Å²) in [7, 11) is -6.07. The van der Waals surface area contributed by atoms with E-state index in [0.717, 1.165) is 0 Å². The first-order valence-electron chi connectivity index (χ1n) is 3.00. The number of ether oxygens (including phenoxy) is 1. The van der Waals surface area contributed by atoms with Gasteiger partial charge in [-0.25, -0.2) is 4.39 Å². The van der Waals surface area contributed by atoms with E-state index < -0.39 is 33.8 Å². The molecule has 0 aromatic heterocycles. The van der Waals surface area contributed by atoms with E-state index in [1.807, 2.05) is 4.39 Å². The summed E-state index contributed by atoms with van der Waals surface area (Å²) in [4.78, 5) is 0. The second-order valence-electron chi connectivity index (χ2n) is 2.07. The molecule has 0 rings (SSSR count). The molecule has 0 amide bonds. The molecule has 4 nitrogen and oxygen atoms in total. The molecule has 0 aliphatic carbocycles. The molecule has 1 atom stereocenters. The van der Waals surface area contributed by atoms with E-state index in [4.69, 9.17) is 0 Å². The fraction of sp³-hybridized carbons (Fsp3) is 0.500. The van der Waals surface area contributed by atoms with E-state index in [-0.39, 0.29) is 29.6 Å². The zero-order chi connectivity index (χ0) is 13.1. The van der Waals surface area contributed by atoms with Crippen LogP contribution in [0.25, 0.3) is 0 Å². The molecule has 0 aromatic carbocycles. The van der Waals surface area contributed by atoms with Crippen LogP contribution in [-0.2, 0) is 19.2 Å². The van der Waals surface area contributed by atoms with Gasteiger partial charge in [-0.1, -0.05) is 4.39 Å². The number of hydrogen-bond donors (Lipinski definition) is 0. The average molecular weight is 302 g/mol. The number of rotatable bonds is 5. The second-order valence-corrected chi connectivity index (χ2v) is 3.60. The van der Waals surface area contributed by atoms with Gasteiger partial charge >= 0.3 is 63.4 Å². The summed E-state index contributed by atoms with van der Waals surface area (Å²) in [5.41, 5.74) is -4.52. The van der Waals surface area contributed by atoms with Crippen LogP contribution in [0.1, 0.15) is 0 Å². The summed E-state index contributed by atoms with van der Waals surface area (Å²) in [6.07, 6.45) is -8.97. The Labute approximate surface area is 112 Å². The van der Waals surface area contributed by atoms with Gasteiger partial charge in [-0.15, -0.1) is 0 Å². The molecule has 98 valence electrons. The predicted molar refractivity (Wildman–Crippen MR) is 39.5 cm³/mol. The van der Waals surface area contributed by atoms with Gasteiger partial charge in [-0.2, -0.15) is 30.4 Å². The Bertz CT molecular complexity index is 377. The molecule has 0 saturated heterocycles. The van der Waals surface area contributed by atoms with E-state index in [1.165, 1.54) is 0 Å². The summed E-state index contributed by atoms with van der Waals surface area (Å²) in [6.45, 7) is 0. The van der Waals surface area contributed by atoms with Crippen LogP contribution >= 0.6 is 0 Å². The minimum atomic E-state index is -6.07. The molecule has 0 bridgehead atoms. The molecule has 17 heavy (non-hydrogen) atoms. The molecule has 1 unspecified atom stereocenters. The van der Waals surface area contributed by atoms with Gasteiger partial charge in [0.15, 0.2) is 0 Å². The molecule has 0 aromatic rings. The predicted octanol–water partition coefficient (Wildman–Crippen LogP) is 1.51. The molecule has 0 radical (unpaired) electrons. The second kappa shape index (κ2) is 6.78. The Hall–Kier alpha value is -0.0400. The van der Waals surface area contributed by atoms with Crippen molar-refractivity contribution >= 4 is 39.7 Å². The molecular formula is C4H2F7NaO4S. The summed E-state index contributed by atoms with van der Waals surface area (Å²) in [5.74, 6) is 0. The zero-order valence-electron chi connectivity index (χ0n) is 6.76. The maximum atomic E-state index is 12.3. The first-order chi connectivity index (χ1) is 7.04. The minimum absolute atomic E-state index is 0. The number of halogens is 7. The van der Waals surface area contributed by atoms with Crippen molar-refractivity contribution in [3.63, 3.8) is 0 Å². The Kier molecular flexibility index (Phi) is 7.69. The Balaban J connectivity index is 0. The van der Waals surface area contributed by atoms with Gasteiger partial charge in [0.2, 0.25) is 0 Å². The monoisotopic (exact) mass is 302 g/mol. The Morgan fingerprint density at radius 3 is 1.88 bits per heavy atom. The molecule has 13 heteroatoms. The van der Waals surface area contributed by atoms with Crippen LogP contribution < -0.4 is 0 Å². The van der Waals surface area contributed by atoms with Crippen LogP contribution in [0.4, 0.5) is 30.9 Å². The van der Waals surface area contributed by atoms with Crippen molar-refractivity contribution < 1.29 is 48.4 Å². The molecule has 0 fully saturated rings. The van der Waals surface area contributed by atoms with Crippen LogP contribution in [0.15, 0.2) is 12.1 Å². The van der Waals surface area contributed by atoms with Gasteiger partial charge in [-0.3, -0.25) is 0 Å². The standard InChI is InChI=1S/C4HF7O4S.Na.H/c5-1(6)2(7)14-4(9,10)3(8)16(12,13)15-11;;/h3H;;. The fourth-order valence-corrected chi connectivity index (χ4v) is 0.852. The molecule has 0 saturated carbocycles. The molecule has 0 aliphatic rings. The first kappa shape index (κ1) is 19.3. The molecular weight excluding hydrogens is 300 g/mol. The van der Waals surface area contributed by atoms with Crippen molar-refractivity contribution in [2.24, 2.45) is 0 Å². The van der Waals surface area contributed by atoms with Gasteiger partial charge in [0, 0.05) is 0 Å². The van der Waals surface area contributed by atoms with Gasteiger partial charge < -0.3 is 4.74 Å². The normalized spacial score (nSPS) is 13.6. The third-order valence-electron chi connectivity index (χ3n) is 0.980. The van der Waals surface area contributed by atoms with Crippen LogP contribution in [0, 0.1) is 0 Å². The van der Waals surface area contributed by atoms with Crippen molar-refractivity contribution in [3.05, 3.63) is 12.1 Å². The summed E-state index contributed by atoms with van der Waals surface area (Å²) in [5, 5.41) is 0. The average Bonchev–Trinajstić information content (AvgIpc) is 2.15. The van der Waals surface area contributed by atoms with Gasteiger partial charge in [0.25, 0.3) is 0 Å². The van der Waals surface area contributed by atoms with Crippen molar-refractivity contribution in [1.82, 2.24) is 0 Å². The third-order valence-corrected chi connectivity index (χ3v) is 1.94. The van der Waals surface area contributed by atoms with Gasteiger partial charge in [-0.05, 0) is 4.53 Å². The van der Waals surface area contributed by atoms with Crippen LogP contribution in [0.5, 0.6) is 0 Å². The van der Waals surface area contributed by atoms with E-state index >= 15 is 0 Å². The number of hydrogen-bond acceptors (Lipinski definition) is 4. The quantitative estimate of drug-likeness (QED) is 0.439. The molecule has 0 heterocycles. The van der Waals surface area contributed by atoms with Crippen LogP contribution in [0.3, 0.4) is 0 Å². The number of alkyl halides is 3. The SMILES string of the molecule is O=S(=O)(OF)C(F)C(F)(F)OC(F)=C(F)F.[NaH]. The van der Waals surface area contributed by atoms with Crippen molar-refractivity contribution in [2.75, 3.05) is 0 Å². The zero-order valence-corrected chi connectivity index (χ0v) is 7.58. The fourth-order valence-electron chi connectivity index (χ4n) is 0.404. The first-order valence-corrected chi connectivity index (χ1v) is 4.47. The van der Waals surface area contributed by atoms with Crippen molar-refractivity contribution in [2.45, 2.75) is 11.6 Å². The summed E-state index contributed by atoms with van der Waals surface area (Å²) < 4.78 is 107. The van der Waals surface area contributed by atoms with Crippen LogP contribution in [0.2, 0.25) is 0 Å². The molecule has 0 spiro atoms. The van der Waals surface area contributed by atoms with Gasteiger partial charge in [0.1, 0.15) is 0 Å². The molecule has 0 N–H and O–H groups in total. The summed E-state index contributed by atoms with van der Waals surface area (Å²) >= 11 is 0. The van der Waals surface area contributed by atoms with Crippen molar-refractivity contribution in [1.29, 1.82) is 0 Å². The maximum absolute atomic E-state index is 12.3. The summed E-state index contributed by atoms with van der Waals surface area (Å²) in [6, 6.07) is -3.21. The van der Waals surface area contributed by atoms with E-state index in [2.05, 4.69) is 4.74 Å². The van der Waals surface area contributed by atoms with E-state index in [9.17, 15) is 39.3 Å².